The molecule has 0 spiro atoms. The summed E-state index contributed by atoms with van der Waals surface area (Å²) >= 11 is 3.40. The molecule has 36 heavy (non-hydrogen) atoms. The van der Waals surface area contributed by atoms with Crippen LogP contribution in [0.5, 0.6) is 17.2 Å². The van der Waals surface area contributed by atoms with Crippen LogP contribution in [0.2, 0.25) is 0 Å². The van der Waals surface area contributed by atoms with E-state index in [1.54, 1.807) is 29.0 Å². The zero-order chi connectivity index (χ0) is 26.5. The molecule has 1 aliphatic heterocycles. The molecule has 1 heterocycles. The molecule has 2 aromatic carbocycles. The van der Waals surface area contributed by atoms with Crippen molar-refractivity contribution >= 4 is 27.6 Å². The third-order valence-corrected chi connectivity index (χ3v) is 6.18. The van der Waals surface area contributed by atoms with Gasteiger partial charge in [0.15, 0.2) is 11.5 Å². The highest BCUT2D eigenvalue weighted by molar-refractivity contribution is 9.10. The fraction of sp³-hybridized carbons (Fsp3) is 0.458. The second-order valence-corrected chi connectivity index (χ2v) is 9.07. The number of urea groups is 1. The Balaban J connectivity index is 1.71. The molecule has 0 N–H and O–H groups in total. The first-order valence-electron chi connectivity index (χ1n) is 11.1. The van der Waals surface area contributed by atoms with Crippen molar-refractivity contribution in [3.8, 4) is 17.2 Å². The van der Waals surface area contributed by atoms with Gasteiger partial charge in [-0.05, 0) is 37.1 Å². The maximum atomic E-state index is 13.3. The summed E-state index contributed by atoms with van der Waals surface area (Å²) in [5.74, 6) is -3.73. The number of alkyl halides is 5. The van der Waals surface area contributed by atoms with Crippen LogP contribution in [0.3, 0.4) is 0 Å². The SMILES string of the molecule is COc1cc(Br)ccc1CN1CCCN(c2ccc(OC)c(OCCCC(F)(F)C(F)(F)F)c2)C1=O. The van der Waals surface area contributed by atoms with Gasteiger partial charge in [-0.3, -0.25) is 4.90 Å². The van der Waals surface area contributed by atoms with Crippen LogP contribution in [0.15, 0.2) is 40.9 Å². The van der Waals surface area contributed by atoms with Gasteiger partial charge in [-0.25, -0.2) is 4.79 Å². The van der Waals surface area contributed by atoms with Crippen molar-refractivity contribution in [3.63, 3.8) is 0 Å². The first-order chi connectivity index (χ1) is 17.0. The van der Waals surface area contributed by atoms with Crippen molar-refractivity contribution in [2.75, 3.05) is 38.8 Å². The average Bonchev–Trinajstić information content (AvgIpc) is 2.83. The summed E-state index contributed by atoms with van der Waals surface area (Å²) in [5, 5.41) is 0. The number of nitrogens with zero attached hydrogens (tertiary/aromatic N) is 2. The van der Waals surface area contributed by atoms with Crippen molar-refractivity contribution in [1.29, 1.82) is 0 Å². The summed E-state index contributed by atoms with van der Waals surface area (Å²) in [6.45, 7) is 0.936. The van der Waals surface area contributed by atoms with Crippen LogP contribution >= 0.6 is 15.9 Å². The largest absolute Gasteiger partial charge is 0.496 e. The number of carbonyl (C=O) groups excluding carboxylic acids is 1. The Labute approximate surface area is 214 Å². The number of methoxy groups -OCH3 is 2. The number of amides is 2. The Bertz CT molecular complexity index is 1070. The average molecular weight is 581 g/mol. The van der Waals surface area contributed by atoms with Crippen LogP contribution in [0.4, 0.5) is 32.4 Å². The Morgan fingerprint density at radius 1 is 0.944 bits per heavy atom. The van der Waals surface area contributed by atoms with E-state index in [0.717, 1.165) is 10.0 Å². The molecule has 0 bridgehead atoms. The number of halogens is 6. The lowest BCUT2D eigenvalue weighted by Crippen LogP contribution is -2.49. The molecule has 0 saturated carbocycles. The summed E-state index contributed by atoms with van der Waals surface area (Å²) in [6, 6.07) is 10.0. The predicted molar refractivity (Wildman–Crippen MR) is 127 cm³/mol. The van der Waals surface area contributed by atoms with Gasteiger partial charge in [0.1, 0.15) is 5.75 Å². The summed E-state index contributed by atoms with van der Waals surface area (Å²) < 4.78 is 80.3. The van der Waals surface area contributed by atoms with Crippen LogP contribution in [0.25, 0.3) is 0 Å². The fourth-order valence-corrected chi connectivity index (χ4v) is 4.13. The van der Waals surface area contributed by atoms with E-state index in [1.165, 1.54) is 13.2 Å². The molecule has 12 heteroatoms. The molecule has 0 aliphatic carbocycles. The molecule has 1 fully saturated rings. The van der Waals surface area contributed by atoms with Gasteiger partial charge >= 0.3 is 18.1 Å². The van der Waals surface area contributed by atoms with E-state index >= 15 is 0 Å². The second kappa shape index (κ2) is 11.5. The zero-order valence-electron chi connectivity index (χ0n) is 19.7. The molecular weight excluding hydrogens is 555 g/mol. The van der Waals surface area contributed by atoms with Crippen LogP contribution < -0.4 is 19.1 Å². The number of ether oxygens (including phenoxy) is 3. The molecule has 0 atom stereocenters. The van der Waals surface area contributed by atoms with E-state index in [0.29, 0.717) is 37.5 Å². The Kier molecular flexibility index (Phi) is 8.91. The molecule has 6 nitrogen and oxygen atoms in total. The summed E-state index contributed by atoms with van der Waals surface area (Å²) in [4.78, 5) is 16.5. The molecule has 0 unspecified atom stereocenters. The van der Waals surface area contributed by atoms with Crippen molar-refractivity contribution in [2.45, 2.75) is 37.9 Å². The summed E-state index contributed by atoms with van der Waals surface area (Å²) in [7, 11) is 2.93. The van der Waals surface area contributed by atoms with Crippen LogP contribution in [-0.4, -0.2) is 56.9 Å². The molecule has 3 rings (SSSR count). The number of rotatable bonds is 10. The van der Waals surface area contributed by atoms with Crippen LogP contribution in [-0.2, 0) is 6.54 Å². The van der Waals surface area contributed by atoms with Crippen LogP contribution in [0, 0.1) is 0 Å². The Morgan fingerprint density at radius 2 is 1.67 bits per heavy atom. The quantitative estimate of drug-likeness (QED) is 0.233. The molecule has 2 aromatic rings. The predicted octanol–water partition coefficient (Wildman–Crippen LogP) is 6.66. The van der Waals surface area contributed by atoms with E-state index in [4.69, 9.17) is 14.2 Å². The molecule has 0 aromatic heterocycles. The second-order valence-electron chi connectivity index (χ2n) is 8.15. The lowest BCUT2D eigenvalue weighted by atomic mass is 10.1. The first-order valence-corrected chi connectivity index (χ1v) is 11.9. The van der Waals surface area contributed by atoms with E-state index < -0.39 is 24.9 Å². The van der Waals surface area contributed by atoms with Gasteiger partial charge in [-0.1, -0.05) is 22.0 Å². The highest BCUT2D eigenvalue weighted by atomic mass is 79.9. The number of benzene rings is 2. The maximum absolute atomic E-state index is 13.3. The van der Waals surface area contributed by atoms with Crippen LogP contribution in [0.1, 0.15) is 24.8 Å². The van der Waals surface area contributed by atoms with E-state index in [1.807, 2.05) is 18.2 Å². The minimum absolute atomic E-state index is 0.143. The highest BCUT2D eigenvalue weighted by Gasteiger charge is 2.56. The lowest BCUT2D eigenvalue weighted by molar-refractivity contribution is -0.284. The van der Waals surface area contributed by atoms with Gasteiger partial charge in [0, 0.05) is 41.3 Å². The minimum Gasteiger partial charge on any atom is -0.496 e. The number of hydrogen-bond donors (Lipinski definition) is 0. The summed E-state index contributed by atoms with van der Waals surface area (Å²) in [5.41, 5.74) is 1.33. The number of hydrogen-bond acceptors (Lipinski definition) is 4. The normalized spacial score (nSPS) is 14.7. The minimum atomic E-state index is -5.61. The Hall–Kier alpha value is -2.76. The Morgan fingerprint density at radius 3 is 2.33 bits per heavy atom. The van der Waals surface area contributed by atoms with Crippen molar-refractivity contribution in [1.82, 2.24) is 4.90 Å². The van der Waals surface area contributed by atoms with Gasteiger partial charge in [-0.2, -0.15) is 22.0 Å². The third kappa shape index (κ3) is 6.51. The maximum Gasteiger partial charge on any atom is 0.453 e. The zero-order valence-corrected chi connectivity index (χ0v) is 21.3. The standard InChI is InChI=1S/C24H26BrF5N2O4/c1-34-19-8-7-18(14-21(19)36-12-3-9-23(26,27)24(28,29)30)32-11-4-10-31(22(32)33)15-16-5-6-17(25)13-20(16)35-2/h5-8,13-14H,3-4,9-12,15H2,1-2H3. The molecule has 1 aliphatic rings. The topological polar surface area (TPSA) is 51.2 Å². The molecule has 1 saturated heterocycles. The monoisotopic (exact) mass is 580 g/mol. The van der Waals surface area contributed by atoms with Crippen molar-refractivity contribution in [3.05, 3.63) is 46.4 Å². The van der Waals surface area contributed by atoms with E-state index in [-0.39, 0.29) is 24.1 Å². The molecule has 2 amide bonds. The fourth-order valence-electron chi connectivity index (χ4n) is 3.79. The van der Waals surface area contributed by atoms with Crippen molar-refractivity contribution < 1.29 is 41.0 Å². The first kappa shape index (κ1) is 27.8. The smallest absolute Gasteiger partial charge is 0.453 e. The third-order valence-electron chi connectivity index (χ3n) is 5.69. The lowest BCUT2D eigenvalue weighted by Gasteiger charge is -2.36. The van der Waals surface area contributed by atoms with E-state index in [2.05, 4.69) is 15.9 Å². The van der Waals surface area contributed by atoms with Gasteiger partial charge in [0.05, 0.1) is 27.4 Å². The van der Waals surface area contributed by atoms with Gasteiger partial charge < -0.3 is 19.1 Å². The highest BCUT2D eigenvalue weighted by Crippen LogP contribution is 2.39. The van der Waals surface area contributed by atoms with Gasteiger partial charge in [0.2, 0.25) is 0 Å². The molecule has 198 valence electrons. The van der Waals surface area contributed by atoms with Gasteiger partial charge in [0.25, 0.3) is 0 Å². The molecular formula is C24H26BrF5N2O4. The van der Waals surface area contributed by atoms with Crippen molar-refractivity contribution in [2.24, 2.45) is 0 Å². The number of carbonyl (C=O) groups is 1. The summed E-state index contributed by atoms with van der Waals surface area (Å²) in [6.07, 6.45) is -6.83. The molecule has 0 radical (unpaired) electrons. The number of anilines is 1. The van der Waals surface area contributed by atoms with E-state index in [9.17, 15) is 26.7 Å². The van der Waals surface area contributed by atoms with Gasteiger partial charge in [-0.15, -0.1) is 0 Å².